The zero-order valence-electron chi connectivity index (χ0n) is 19.9. The van der Waals surface area contributed by atoms with Crippen LogP contribution in [-0.4, -0.2) is 59.4 Å². The Morgan fingerprint density at radius 2 is 1.94 bits per heavy atom. The number of nitrogens with one attached hydrogen (secondary N) is 1. The lowest BCUT2D eigenvalue weighted by Gasteiger charge is -2.44. The summed E-state index contributed by atoms with van der Waals surface area (Å²) in [6.45, 7) is 3.75. The quantitative estimate of drug-likeness (QED) is 0.396. The molecule has 7 heteroatoms. The van der Waals surface area contributed by atoms with Crippen molar-refractivity contribution in [3.05, 3.63) is 72.6 Å². The van der Waals surface area contributed by atoms with Gasteiger partial charge in [-0.25, -0.2) is 0 Å². The van der Waals surface area contributed by atoms with Gasteiger partial charge in [-0.05, 0) is 36.7 Å². The molecule has 1 saturated heterocycles. The summed E-state index contributed by atoms with van der Waals surface area (Å²) in [6.07, 6.45) is 3.69. The van der Waals surface area contributed by atoms with Crippen molar-refractivity contribution in [3.63, 3.8) is 0 Å². The van der Waals surface area contributed by atoms with Crippen molar-refractivity contribution in [1.29, 1.82) is 5.26 Å². The fourth-order valence-corrected chi connectivity index (χ4v) is 5.60. The molecule has 5 aromatic rings. The first-order chi connectivity index (χ1) is 17.7. The predicted molar refractivity (Wildman–Crippen MR) is 141 cm³/mol. The molecule has 0 amide bonds. The number of hydrogen-bond acceptors (Lipinski definition) is 6. The number of pyridine rings is 1. The number of rotatable bonds is 2. The Morgan fingerprint density at radius 1 is 1.03 bits per heavy atom. The lowest BCUT2D eigenvalue weighted by Crippen LogP contribution is -2.56. The van der Waals surface area contributed by atoms with Crippen LogP contribution in [-0.2, 0) is 0 Å². The first kappa shape index (κ1) is 20.9. The van der Waals surface area contributed by atoms with E-state index in [4.69, 9.17) is 4.74 Å². The molecule has 1 atom stereocenters. The van der Waals surface area contributed by atoms with Gasteiger partial charge in [-0.3, -0.25) is 10.1 Å². The molecular formula is C29H24N6O. The van der Waals surface area contributed by atoms with Crippen molar-refractivity contribution in [1.82, 2.24) is 20.1 Å². The van der Waals surface area contributed by atoms with Gasteiger partial charge in [0, 0.05) is 59.5 Å². The summed E-state index contributed by atoms with van der Waals surface area (Å²) in [6, 6.07) is 21.2. The predicted octanol–water partition coefficient (Wildman–Crippen LogP) is 4.83. The summed E-state index contributed by atoms with van der Waals surface area (Å²) in [5.41, 5.74) is 6.19. The molecule has 1 unspecified atom stereocenters. The Bertz CT molecular complexity index is 1680. The molecule has 2 aromatic heterocycles. The van der Waals surface area contributed by atoms with Crippen molar-refractivity contribution < 1.29 is 4.74 Å². The van der Waals surface area contributed by atoms with Crippen molar-refractivity contribution in [3.8, 4) is 34.2 Å². The third kappa shape index (κ3) is 3.23. The standard InChI is InChI=1S/C29H24N6O/c1-34-8-9-35-21(16-34)17-36-28-11-18(6-7-27(28)35)29-24-12-23(20(13-30)10-26(24)32-33-29)25-15-31-14-19-4-2-3-5-22(19)25/h2-7,10-12,14-15,21H,8-9,16-17H2,1H3,(H,32,33). The molecule has 36 heavy (non-hydrogen) atoms. The fourth-order valence-electron chi connectivity index (χ4n) is 5.60. The molecule has 1 fully saturated rings. The number of benzene rings is 3. The molecule has 0 aliphatic carbocycles. The van der Waals surface area contributed by atoms with Crippen LogP contribution in [0.3, 0.4) is 0 Å². The second-order valence-corrected chi connectivity index (χ2v) is 9.64. The number of aromatic nitrogens is 3. The van der Waals surface area contributed by atoms with Crippen LogP contribution in [0.2, 0.25) is 0 Å². The van der Waals surface area contributed by atoms with Crippen LogP contribution >= 0.6 is 0 Å². The lowest BCUT2D eigenvalue weighted by molar-refractivity contribution is 0.188. The topological polar surface area (TPSA) is 81.1 Å². The van der Waals surface area contributed by atoms with Gasteiger partial charge in [-0.1, -0.05) is 30.3 Å². The van der Waals surface area contributed by atoms with Gasteiger partial charge < -0.3 is 14.5 Å². The average molecular weight is 473 g/mol. The Hall–Kier alpha value is -4.41. The summed E-state index contributed by atoms with van der Waals surface area (Å²) < 4.78 is 6.21. The zero-order valence-corrected chi connectivity index (χ0v) is 19.9. The second-order valence-electron chi connectivity index (χ2n) is 9.64. The molecule has 0 radical (unpaired) electrons. The largest absolute Gasteiger partial charge is 0.489 e. The van der Waals surface area contributed by atoms with E-state index in [2.05, 4.69) is 68.4 Å². The maximum Gasteiger partial charge on any atom is 0.143 e. The number of ether oxygens (including phenoxy) is 1. The molecule has 0 spiro atoms. The molecule has 7 nitrogen and oxygen atoms in total. The van der Waals surface area contributed by atoms with E-state index < -0.39 is 0 Å². The summed E-state index contributed by atoms with van der Waals surface area (Å²) in [7, 11) is 2.17. The van der Waals surface area contributed by atoms with E-state index in [9.17, 15) is 5.26 Å². The average Bonchev–Trinajstić information content (AvgIpc) is 3.34. The van der Waals surface area contributed by atoms with Gasteiger partial charge in [0.2, 0.25) is 0 Å². The number of piperazine rings is 1. The van der Waals surface area contributed by atoms with E-state index in [1.165, 1.54) is 0 Å². The van der Waals surface area contributed by atoms with Gasteiger partial charge in [0.25, 0.3) is 0 Å². The molecule has 2 aliphatic heterocycles. The van der Waals surface area contributed by atoms with Crippen molar-refractivity contribution in [2.45, 2.75) is 6.04 Å². The number of anilines is 1. The maximum atomic E-state index is 9.95. The minimum atomic E-state index is 0.384. The summed E-state index contributed by atoms with van der Waals surface area (Å²) in [5.74, 6) is 0.900. The van der Waals surface area contributed by atoms with Gasteiger partial charge in [-0.2, -0.15) is 10.4 Å². The zero-order chi connectivity index (χ0) is 24.2. The summed E-state index contributed by atoms with van der Waals surface area (Å²) in [5, 5.41) is 20.8. The molecule has 3 aromatic carbocycles. The fraction of sp³-hybridized carbons (Fsp3) is 0.207. The molecule has 7 rings (SSSR count). The summed E-state index contributed by atoms with van der Waals surface area (Å²) >= 11 is 0. The van der Waals surface area contributed by atoms with Crippen LogP contribution in [0.4, 0.5) is 5.69 Å². The molecular weight excluding hydrogens is 448 g/mol. The van der Waals surface area contributed by atoms with Crippen molar-refractivity contribution in [2.75, 3.05) is 38.2 Å². The van der Waals surface area contributed by atoms with Gasteiger partial charge >= 0.3 is 0 Å². The highest BCUT2D eigenvalue weighted by Gasteiger charge is 2.32. The number of likely N-dealkylation sites (N-methyl/N-ethyl adjacent to an activating group) is 1. The van der Waals surface area contributed by atoms with Gasteiger partial charge in [-0.15, -0.1) is 0 Å². The Balaban J connectivity index is 1.35. The van der Waals surface area contributed by atoms with E-state index in [0.717, 1.165) is 75.1 Å². The highest BCUT2D eigenvalue weighted by molar-refractivity contribution is 6.02. The monoisotopic (exact) mass is 472 g/mol. The van der Waals surface area contributed by atoms with Crippen LogP contribution in [0.1, 0.15) is 5.56 Å². The number of fused-ring (bicyclic) bond motifs is 5. The van der Waals surface area contributed by atoms with Gasteiger partial charge in [0.05, 0.1) is 28.9 Å². The summed E-state index contributed by atoms with van der Waals surface area (Å²) in [4.78, 5) is 9.27. The number of nitrogens with zero attached hydrogens (tertiary/aromatic N) is 5. The van der Waals surface area contributed by atoms with E-state index in [1.807, 2.05) is 36.7 Å². The molecule has 4 heterocycles. The normalized spacial score (nSPS) is 17.4. The highest BCUT2D eigenvalue weighted by Crippen LogP contribution is 2.40. The van der Waals surface area contributed by atoms with Crippen LogP contribution in [0.25, 0.3) is 44.1 Å². The lowest BCUT2D eigenvalue weighted by atomic mass is 9.94. The van der Waals surface area contributed by atoms with Crippen LogP contribution in [0.5, 0.6) is 5.75 Å². The van der Waals surface area contributed by atoms with E-state index in [1.54, 1.807) is 0 Å². The van der Waals surface area contributed by atoms with E-state index >= 15 is 0 Å². The maximum absolute atomic E-state index is 9.95. The SMILES string of the molecule is CN1CCN2c3ccc(-c4n[nH]c5cc(C#N)c(-c6cncc7ccccc67)cc45)cc3OCC2C1. The Labute approximate surface area is 208 Å². The Morgan fingerprint density at radius 3 is 2.86 bits per heavy atom. The first-order valence-electron chi connectivity index (χ1n) is 12.2. The van der Waals surface area contributed by atoms with Crippen molar-refractivity contribution >= 4 is 27.4 Å². The van der Waals surface area contributed by atoms with E-state index in [-0.39, 0.29) is 0 Å². The Kier molecular flexibility index (Phi) is 4.69. The minimum Gasteiger partial charge on any atom is -0.489 e. The number of H-pyrrole nitrogens is 1. The van der Waals surface area contributed by atoms with Crippen LogP contribution < -0.4 is 9.64 Å². The molecule has 1 N–H and O–H groups in total. The first-order valence-corrected chi connectivity index (χ1v) is 12.2. The molecule has 176 valence electrons. The van der Waals surface area contributed by atoms with Crippen molar-refractivity contribution in [2.24, 2.45) is 0 Å². The van der Waals surface area contributed by atoms with Crippen LogP contribution in [0, 0.1) is 11.3 Å². The minimum absolute atomic E-state index is 0.384. The van der Waals surface area contributed by atoms with Gasteiger partial charge in [0.15, 0.2) is 0 Å². The molecule has 2 aliphatic rings. The van der Waals surface area contributed by atoms with Crippen LogP contribution in [0.15, 0.2) is 67.0 Å². The smallest absolute Gasteiger partial charge is 0.143 e. The molecule has 0 bridgehead atoms. The third-order valence-electron chi connectivity index (χ3n) is 7.44. The highest BCUT2D eigenvalue weighted by atomic mass is 16.5. The second kappa shape index (κ2) is 8.08. The number of aromatic amines is 1. The third-order valence-corrected chi connectivity index (χ3v) is 7.44. The molecule has 0 saturated carbocycles. The van der Waals surface area contributed by atoms with E-state index in [0.29, 0.717) is 18.2 Å². The number of hydrogen-bond donors (Lipinski definition) is 1. The number of nitriles is 1. The van der Waals surface area contributed by atoms with Gasteiger partial charge in [0.1, 0.15) is 18.1 Å².